The molecule has 0 aromatic heterocycles. The van der Waals surface area contributed by atoms with Gasteiger partial charge < -0.3 is 4.90 Å². The third-order valence-electron chi connectivity index (χ3n) is 2.89. The molecule has 0 unspecified atom stereocenters. The maximum Gasteiger partial charge on any atom is 0.236 e. The summed E-state index contributed by atoms with van der Waals surface area (Å²) >= 11 is 0. The topological polar surface area (TPSA) is 47.3 Å². The molecular weight excluding hydrogens is 238 g/mol. The van der Waals surface area contributed by atoms with E-state index in [9.17, 15) is 4.79 Å². The van der Waals surface area contributed by atoms with Crippen LogP contribution in [-0.4, -0.2) is 42.9 Å². The number of nitrogens with zero attached hydrogens (tertiary/aromatic N) is 3. The highest BCUT2D eigenvalue weighted by Crippen LogP contribution is 2.08. The minimum atomic E-state index is 0.113. The van der Waals surface area contributed by atoms with Crippen LogP contribution in [0.4, 0.5) is 0 Å². The summed E-state index contributed by atoms with van der Waals surface area (Å²) in [7, 11) is 3.54. The molecule has 0 heterocycles. The molecule has 0 spiro atoms. The first-order chi connectivity index (χ1) is 9.06. The molecular formula is C15H21N3O. The van der Waals surface area contributed by atoms with Crippen LogP contribution in [0, 0.1) is 11.3 Å². The summed E-state index contributed by atoms with van der Waals surface area (Å²) in [6.07, 6.45) is 1.01. The maximum absolute atomic E-state index is 11.8. The molecule has 19 heavy (non-hydrogen) atoms. The van der Waals surface area contributed by atoms with Gasteiger partial charge in [-0.05, 0) is 30.7 Å². The van der Waals surface area contributed by atoms with E-state index in [1.807, 2.05) is 24.3 Å². The van der Waals surface area contributed by atoms with Crippen molar-refractivity contribution < 1.29 is 4.79 Å². The second-order valence-corrected chi connectivity index (χ2v) is 4.81. The predicted octanol–water partition coefficient (Wildman–Crippen LogP) is 1.86. The Bertz CT molecular complexity index is 445. The molecule has 0 saturated heterocycles. The van der Waals surface area contributed by atoms with Crippen molar-refractivity contribution in [3.8, 4) is 6.07 Å². The van der Waals surface area contributed by atoms with Gasteiger partial charge in [0, 0.05) is 20.6 Å². The van der Waals surface area contributed by atoms with Gasteiger partial charge in [-0.2, -0.15) is 5.26 Å². The minimum Gasteiger partial charge on any atom is -0.348 e. The number of hydrogen-bond acceptors (Lipinski definition) is 3. The lowest BCUT2D eigenvalue weighted by molar-refractivity contribution is -0.130. The van der Waals surface area contributed by atoms with E-state index in [1.54, 1.807) is 19.0 Å². The number of carbonyl (C=O) groups is 1. The van der Waals surface area contributed by atoms with E-state index in [1.165, 1.54) is 0 Å². The molecule has 0 bridgehead atoms. The second-order valence-electron chi connectivity index (χ2n) is 4.81. The Morgan fingerprint density at radius 1 is 1.26 bits per heavy atom. The standard InChI is InChI=1S/C15H21N3O/c1-4-9-18(12-15(19)17(2)3)11-14-7-5-13(10-16)6-8-14/h5-8H,4,9,11-12H2,1-3H3. The van der Waals surface area contributed by atoms with Crippen LogP contribution in [0.25, 0.3) is 0 Å². The third kappa shape index (κ3) is 5.11. The SMILES string of the molecule is CCCN(CC(=O)N(C)C)Cc1ccc(C#N)cc1. The Labute approximate surface area is 115 Å². The van der Waals surface area contributed by atoms with E-state index in [0.29, 0.717) is 12.1 Å². The molecule has 0 aliphatic carbocycles. The van der Waals surface area contributed by atoms with Crippen LogP contribution in [0.2, 0.25) is 0 Å². The van der Waals surface area contributed by atoms with Crippen LogP contribution in [0.5, 0.6) is 0 Å². The van der Waals surface area contributed by atoms with Crippen molar-refractivity contribution in [3.63, 3.8) is 0 Å². The summed E-state index contributed by atoms with van der Waals surface area (Å²) in [5, 5.41) is 8.76. The van der Waals surface area contributed by atoms with E-state index in [0.717, 1.165) is 25.1 Å². The van der Waals surface area contributed by atoms with E-state index >= 15 is 0 Å². The van der Waals surface area contributed by atoms with Crippen LogP contribution in [0.3, 0.4) is 0 Å². The van der Waals surface area contributed by atoms with Crippen LogP contribution < -0.4 is 0 Å². The van der Waals surface area contributed by atoms with Crippen molar-refractivity contribution >= 4 is 5.91 Å². The Hall–Kier alpha value is -1.86. The van der Waals surface area contributed by atoms with E-state index in [-0.39, 0.29) is 5.91 Å². The normalized spacial score (nSPS) is 10.3. The molecule has 0 aliphatic heterocycles. The number of carbonyl (C=O) groups excluding carboxylic acids is 1. The van der Waals surface area contributed by atoms with Gasteiger partial charge in [-0.15, -0.1) is 0 Å². The molecule has 1 amide bonds. The second kappa shape index (κ2) is 7.55. The van der Waals surface area contributed by atoms with Gasteiger partial charge in [-0.1, -0.05) is 19.1 Å². The zero-order chi connectivity index (χ0) is 14.3. The monoisotopic (exact) mass is 259 g/mol. The van der Waals surface area contributed by atoms with Gasteiger partial charge >= 0.3 is 0 Å². The number of nitriles is 1. The molecule has 4 heteroatoms. The van der Waals surface area contributed by atoms with Gasteiger partial charge in [0.15, 0.2) is 0 Å². The summed E-state index contributed by atoms with van der Waals surface area (Å²) in [6.45, 7) is 4.16. The van der Waals surface area contributed by atoms with Crippen LogP contribution in [0.1, 0.15) is 24.5 Å². The van der Waals surface area contributed by atoms with Gasteiger partial charge in [-0.3, -0.25) is 9.69 Å². The molecule has 0 N–H and O–H groups in total. The van der Waals surface area contributed by atoms with Gasteiger partial charge in [0.2, 0.25) is 5.91 Å². The number of rotatable bonds is 6. The van der Waals surface area contributed by atoms with E-state index in [4.69, 9.17) is 5.26 Å². The maximum atomic E-state index is 11.8. The van der Waals surface area contributed by atoms with Crippen molar-refractivity contribution in [1.82, 2.24) is 9.80 Å². The highest BCUT2D eigenvalue weighted by atomic mass is 16.2. The molecule has 4 nitrogen and oxygen atoms in total. The molecule has 1 aromatic carbocycles. The van der Waals surface area contributed by atoms with Crippen LogP contribution in [0.15, 0.2) is 24.3 Å². The number of amides is 1. The summed E-state index contributed by atoms with van der Waals surface area (Å²) < 4.78 is 0. The van der Waals surface area contributed by atoms with Crippen LogP contribution >= 0.6 is 0 Å². The van der Waals surface area contributed by atoms with E-state index in [2.05, 4.69) is 17.9 Å². The lowest BCUT2D eigenvalue weighted by Gasteiger charge is -2.23. The Kier molecular flexibility index (Phi) is 6.04. The average molecular weight is 259 g/mol. The van der Waals surface area contributed by atoms with Gasteiger partial charge in [0.1, 0.15) is 0 Å². The van der Waals surface area contributed by atoms with Crippen molar-refractivity contribution in [1.29, 1.82) is 5.26 Å². The molecule has 0 atom stereocenters. The summed E-state index contributed by atoms with van der Waals surface area (Å²) in [5.41, 5.74) is 1.79. The van der Waals surface area contributed by atoms with Gasteiger partial charge in [-0.25, -0.2) is 0 Å². The van der Waals surface area contributed by atoms with Crippen molar-refractivity contribution in [3.05, 3.63) is 35.4 Å². The highest BCUT2D eigenvalue weighted by Gasteiger charge is 2.12. The first-order valence-corrected chi connectivity index (χ1v) is 6.48. The van der Waals surface area contributed by atoms with Crippen molar-refractivity contribution in [2.45, 2.75) is 19.9 Å². The predicted molar refractivity (Wildman–Crippen MR) is 75.4 cm³/mol. The average Bonchev–Trinajstić information content (AvgIpc) is 2.39. The van der Waals surface area contributed by atoms with Gasteiger partial charge in [0.05, 0.1) is 18.2 Å². The lowest BCUT2D eigenvalue weighted by atomic mass is 10.1. The van der Waals surface area contributed by atoms with Crippen LogP contribution in [-0.2, 0) is 11.3 Å². The zero-order valence-corrected chi connectivity index (χ0v) is 11.9. The van der Waals surface area contributed by atoms with E-state index < -0.39 is 0 Å². The summed E-state index contributed by atoms with van der Waals surface area (Å²) in [4.78, 5) is 15.5. The molecule has 0 radical (unpaired) electrons. The molecule has 0 saturated carbocycles. The minimum absolute atomic E-state index is 0.113. The zero-order valence-electron chi connectivity index (χ0n) is 11.9. The molecule has 1 aromatic rings. The highest BCUT2D eigenvalue weighted by molar-refractivity contribution is 5.77. The summed E-state index contributed by atoms with van der Waals surface area (Å²) in [5.74, 6) is 0.113. The Morgan fingerprint density at radius 2 is 1.89 bits per heavy atom. The summed E-state index contributed by atoms with van der Waals surface area (Å²) in [6, 6.07) is 9.62. The fourth-order valence-corrected chi connectivity index (χ4v) is 1.81. The number of hydrogen-bond donors (Lipinski definition) is 0. The Balaban J connectivity index is 2.66. The Morgan fingerprint density at radius 3 is 2.37 bits per heavy atom. The van der Waals surface area contributed by atoms with Crippen molar-refractivity contribution in [2.75, 3.05) is 27.2 Å². The molecule has 0 aliphatic rings. The molecule has 0 fully saturated rings. The number of likely N-dealkylation sites (N-methyl/N-ethyl adjacent to an activating group) is 1. The fraction of sp³-hybridized carbons (Fsp3) is 0.467. The first kappa shape index (κ1) is 15.2. The number of benzene rings is 1. The third-order valence-corrected chi connectivity index (χ3v) is 2.89. The van der Waals surface area contributed by atoms with Gasteiger partial charge in [0.25, 0.3) is 0 Å². The largest absolute Gasteiger partial charge is 0.348 e. The fourth-order valence-electron chi connectivity index (χ4n) is 1.81. The smallest absolute Gasteiger partial charge is 0.236 e. The quantitative estimate of drug-likeness (QED) is 0.783. The lowest BCUT2D eigenvalue weighted by Crippen LogP contribution is -2.36. The molecule has 102 valence electrons. The first-order valence-electron chi connectivity index (χ1n) is 6.48. The van der Waals surface area contributed by atoms with Crippen molar-refractivity contribution in [2.24, 2.45) is 0 Å². The molecule has 1 rings (SSSR count).